The van der Waals surface area contributed by atoms with Crippen molar-refractivity contribution < 1.29 is 42.0 Å². The van der Waals surface area contributed by atoms with Gasteiger partial charge >= 0.3 is 12.1 Å². The number of nitrogens with zero attached hydrogens (tertiary/aromatic N) is 3. The number of hydrogen-bond donors (Lipinski definition) is 3. The van der Waals surface area contributed by atoms with Gasteiger partial charge in [0, 0.05) is 12.3 Å². The molecule has 1 amide bonds. The van der Waals surface area contributed by atoms with Crippen molar-refractivity contribution in [3.8, 4) is 29.1 Å². The van der Waals surface area contributed by atoms with Crippen molar-refractivity contribution in [2.75, 3.05) is 43.6 Å². The number of benzene rings is 2. The fraction of sp³-hybridized carbons (Fsp3) is 0.185. The number of sulfonamides is 1. The second-order valence-electron chi connectivity index (χ2n) is 8.24. The molecule has 0 bridgehead atoms. The number of methoxy groups -OCH3 is 1. The Bertz CT molecular complexity index is 1630. The Kier molecular flexibility index (Phi) is 10.7. The molecule has 0 saturated heterocycles. The lowest BCUT2D eigenvalue weighted by molar-refractivity contribution is 0.136. The monoisotopic (exact) mass is 631 g/mol. The van der Waals surface area contributed by atoms with Crippen molar-refractivity contribution in [1.82, 2.24) is 15.0 Å². The number of carbonyl (C=O) groups is 1. The van der Waals surface area contributed by atoms with Crippen molar-refractivity contribution >= 4 is 39.2 Å². The molecule has 14 nitrogen and oxygen atoms in total. The van der Waals surface area contributed by atoms with Gasteiger partial charge in [-0.15, -0.1) is 0 Å². The Morgan fingerprint density at radius 3 is 2.49 bits per heavy atom. The summed E-state index contributed by atoms with van der Waals surface area (Å²) >= 11 is 6.22. The molecule has 0 saturated carbocycles. The van der Waals surface area contributed by atoms with E-state index in [0.717, 1.165) is 6.20 Å². The smallest absolute Gasteiger partial charge is 0.412 e. The molecular weight excluding hydrogens is 606 g/mol. The van der Waals surface area contributed by atoms with Crippen LogP contribution in [0.15, 0.2) is 78.0 Å². The fourth-order valence-corrected chi connectivity index (χ4v) is 4.50. The number of rotatable bonds is 14. The number of anilines is 2. The summed E-state index contributed by atoms with van der Waals surface area (Å²) in [5, 5.41) is 11.6. The number of ether oxygens (including phenoxy) is 5. The second-order valence-corrected chi connectivity index (χ2v) is 10.3. The molecule has 0 spiro atoms. The van der Waals surface area contributed by atoms with Gasteiger partial charge < -0.3 is 28.8 Å². The van der Waals surface area contributed by atoms with Crippen LogP contribution in [0.25, 0.3) is 0 Å². The topological polar surface area (TPSA) is 180 Å². The van der Waals surface area contributed by atoms with Crippen LogP contribution in [0.3, 0.4) is 0 Å². The Morgan fingerprint density at radius 1 is 0.977 bits per heavy atom. The van der Waals surface area contributed by atoms with Crippen molar-refractivity contribution in [3.63, 3.8) is 0 Å². The fourth-order valence-electron chi connectivity index (χ4n) is 3.30. The molecule has 16 heteroatoms. The van der Waals surface area contributed by atoms with E-state index in [9.17, 15) is 13.2 Å². The largest absolute Gasteiger partial charge is 0.497 e. The number of hydrogen-bond acceptors (Lipinski definition) is 12. The maximum Gasteiger partial charge on any atom is 0.412 e. The van der Waals surface area contributed by atoms with Crippen LogP contribution in [-0.4, -0.2) is 68.1 Å². The Hall–Kier alpha value is -4.86. The highest BCUT2D eigenvalue weighted by atomic mass is 35.5. The van der Waals surface area contributed by atoms with Crippen molar-refractivity contribution in [1.29, 1.82) is 0 Å². The third-order valence-electron chi connectivity index (χ3n) is 5.26. The van der Waals surface area contributed by atoms with Crippen LogP contribution in [0.2, 0.25) is 5.02 Å². The van der Waals surface area contributed by atoms with E-state index in [2.05, 4.69) is 25.0 Å². The Morgan fingerprint density at radius 2 is 1.77 bits per heavy atom. The predicted octanol–water partition coefficient (Wildman–Crippen LogP) is 4.13. The minimum absolute atomic E-state index is 0.0618. The minimum atomic E-state index is -4.13. The number of amides is 1. The number of pyridine rings is 1. The van der Waals surface area contributed by atoms with Gasteiger partial charge in [0.15, 0.2) is 5.75 Å². The van der Waals surface area contributed by atoms with Crippen LogP contribution >= 0.6 is 11.6 Å². The van der Waals surface area contributed by atoms with Crippen molar-refractivity contribution in [2.45, 2.75) is 4.90 Å². The summed E-state index contributed by atoms with van der Waals surface area (Å²) in [5.41, 5.74) is -0.123. The molecule has 43 heavy (non-hydrogen) atoms. The molecule has 4 aromatic rings. The molecule has 3 N–H and O–H groups in total. The average molecular weight is 632 g/mol. The van der Waals surface area contributed by atoms with Crippen molar-refractivity contribution in [2.24, 2.45) is 0 Å². The molecule has 0 aliphatic heterocycles. The average Bonchev–Trinajstić information content (AvgIpc) is 3.01. The van der Waals surface area contributed by atoms with E-state index in [0.29, 0.717) is 17.3 Å². The normalized spacial score (nSPS) is 10.9. The quantitative estimate of drug-likeness (QED) is 0.170. The third kappa shape index (κ3) is 9.06. The molecule has 0 unspecified atom stereocenters. The van der Waals surface area contributed by atoms with Crippen LogP contribution in [0.4, 0.5) is 16.3 Å². The second kappa shape index (κ2) is 14.9. The summed E-state index contributed by atoms with van der Waals surface area (Å²) in [6.45, 7) is -0.556. The molecule has 0 aliphatic carbocycles. The highest BCUT2D eigenvalue weighted by molar-refractivity contribution is 7.92. The zero-order valence-electron chi connectivity index (χ0n) is 22.6. The lowest BCUT2D eigenvalue weighted by Crippen LogP contribution is -2.19. The lowest BCUT2D eigenvalue weighted by Gasteiger charge is -2.14. The first-order valence-corrected chi connectivity index (χ1v) is 14.4. The number of halogens is 1. The summed E-state index contributed by atoms with van der Waals surface area (Å²) in [7, 11) is -2.66. The Balaban J connectivity index is 1.50. The van der Waals surface area contributed by atoms with Gasteiger partial charge in [0.05, 0.1) is 29.8 Å². The van der Waals surface area contributed by atoms with Gasteiger partial charge in [-0.25, -0.2) is 23.2 Å². The molecule has 0 fully saturated rings. The SMILES string of the molecule is COc1ccc(Cl)c(Oc2ncc(NS(=O)(=O)c3ccc(OCCO)cc3)c(OCCOC(=O)Nc3ccccn3)n2)c1. The first-order valence-electron chi connectivity index (χ1n) is 12.5. The number of nitrogens with one attached hydrogen (secondary N) is 2. The van der Waals surface area contributed by atoms with Crippen LogP contribution in [0.5, 0.6) is 29.1 Å². The lowest BCUT2D eigenvalue weighted by atomic mass is 10.3. The van der Waals surface area contributed by atoms with Crippen LogP contribution < -0.4 is 29.0 Å². The van der Waals surface area contributed by atoms with Gasteiger partial charge in [0.1, 0.15) is 42.8 Å². The van der Waals surface area contributed by atoms with Crippen LogP contribution in [-0.2, 0) is 14.8 Å². The number of aromatic nitrogens is 3. The predicted molar refractivity (Wildman–Crippen MR) is 155 cm³/mol. The van der Waals surface area contributed by atoms with E-state index >= 15 is 0 Å². The van der Waals surface area contributed by atoms with E-state index in [1.807, 2.05) is 0 Å². The highest BCUT2D eigenvalue weighted by Gasteiger charge is 2.20. The van der Waals surface area contributed by atoms with E-state index < -0.39 is 16.1 Å². The summed E-state index contributed by atoms with van der Waals surface area (Å²) in [5.74, 6) is 1.11. The molecule has 0 radical (unpaired) electrons. The third-order valence-corrected chi connectivity index (χ3v) is 6.95. The molecular formula is C27H26ClN5O9S. The number of aliphatic hydroxyl groups is 1. The van der Waals surface area contributed by atoms with E-state index in [-0.39, 0.29) is 59.7 Å². The standard InChI is InChI=1S/C27H26ClN5O9S/c1-38-19-7-10-21(28)23(16-19)42-26-30-17-22(33-43(36,37)20-8-5-18(6-9-20)39-13-12-34)25(32-26)40-14-15-41-27(35)31-24-4-2-3-11-29-24/h2-11,16-17,33-34H,12-15H2,1H3,(H,29,31,35). The molecule has 2 heterocycles. The highest BCUT2D eigenvalue weighted by Crippen LogP contribution is 2.33. The molecule has 2 aromatic carbocycles. The summed E-state index contributed by atoms with van der Waals surface area (Å²) in [4.78, 5) is 24.2. The zero-order chi connectivity index (χ0) is 30.7. The van der Waals surface area contributed by atoms with Gasteiger partial charge in [0.25, 0.3) is 10.0 Å². The van der Waals surface area contributed by atoms with Crippen LogP contribution in [0, 0.1) is 0 Å². The first kappa shape index (κ1) is 31.1. The van der Waals surface area contributed by atoms with Crippen molar-refractivity contribution in [3.05, 3.63) is 78.1 Å². The van der Waals surface area contributed by atoms with Gasteiger partial charge in [0.2, 0.25) is 5.88 Å². The van der Waals surface area contributed by atoms with Gasteiger partial charge in [-0.2, -0.15) is 4.98 Å². The summed E-state index contributed by atoms with van der Waals surface area (Å²) in [6, 6.07) is 15.0. The number of carbonyl (C=O) groups excluding carboxylic acids is 1. The van der Waals surface area contributed by atoms with Gasteiger partial charge in [-0.05, 0) is 48.5 Å². The molecule has 0 atom stereocenters. The first-order chi connectivity index (χ1) is 20.8. The van der Waals surface area contributed by atoms with Gasteiger partial charge in [-0.1, -0.05) is 17.7 Å². The summed E-state index contributed by atoms with van der Waals surface area (Å²) < 4.78 is 55.5. The molecule has 226 valence electrons. The maximum absolute atomic E-state index is 13.1. The zero-order valence-corrected chi connectivity index (χ0v) is 24.2. The molecule has 4 rings (SSSR count). The Labute approximate surface area is 251 Å². The molecule has 0 aliphatic rings. The molecule has 2 aromatic heterocycles. The van der Waals surface area contributed by atoms with E-state index in [4.69, 9.17) is 40.4 Å². The summed E-state index contributed by atoms with van der Waals surface area (Å²) in [6.07, 6.45) is 1.89. The minimum Gasteiger partial charge on any atom is -0.497 e. The van der Waals surface area contributed by atoms with Gasteiger partial charge in [-0.3, -0.25) is 10.0 Å². The maximum atomic E-state index is 13.1. The van der Waals surface area contributed by atoms with E-state index in [1.165, 1.54) is 43.6 Å². The number of aliphatic hydroxyl groups excluding tert-OH is 1. The van der Waals surface area contributed by atoms with Crippen LogP contribution in [0.1, 0.15) is 0 Å². The van der Waals surface area contributed by atoms with E-state index in [1.54, 1.807) is 30.3 Å².